The number of non-ortho nitro benzene ring substituents is 1. The highest BCUT2D eigenvalue weighted by Crippen LogP contribution is 2.27. The molecule has 2 heterocycles. The Morgan fingerprint density at radius 1 is 1.50 bits per heavy atom. The predicted molar refractivity (Wildman–Crippen MR) is 79.4 cm³/mol. The molecule has 0 amide bonds. The average molecular weight is 303 g/mol. The van der Waals surface area contributed by atoms with Crippen molar-refractivity contribution in [2.45, 2.75) is 13.0 Å². The lowest BCUT2D eigenvalue weighted by Gasteiger charge is -2.30. The highest BCUT2D eigenvalue weighted by atomic mass is 16.6. The molecule has 1 aromatic heterocycles. The number of nitrogens with one attached hydrogen (secondary N) is 1. The van der Waals surface area contributed by atoms with E-state index in [-0.39, 0.29) is 11.7 Å². The molecule has 0 aliphatic carbocycles. The Morgan fingerprint density at radius 3 is 3.00 bits per heavy atom. The molecule has 0 spiro atoms. The van der Waals surface area contributed by atoms with Crippen molar-refractivity contribution in [1.82, 2.24) is 20.4 Å². The van der Waals surface area contributed by atoms with E-state index in [2.05, 4.69) is 20.4 Å². The van der Waals surface area contributed by atoms with Gasteiger partial charge in [0.25, 0.3) is 11.6 Å². The summed E-state index contributed by atoms with van der Waals surface area (Å²) in [6.07, 6.45) is 0. The van der Waals surface area contributed by atoms with Gasteiger partial charge in [-0.15, -0.1) is 0 Å². The largest absolute Gasteiger partial charge is 0.334 e. The first kappa shape index (κ1) is 14.6. The van der Waals surface area contributed by atoms with E-state index in [9.17, 15) is 10.1 Å². The first-order chi connectivity index (χ1) is 10.6. The summed E-state index contributed by atoms with van der Waals surface area (Å²) in [5.41, 5.74) is 1.51. The van der Waals surface area contributed by atoms with E-state index in [0.29, 0.717) is 11.7 Å². The number of hydrogen-bond donors (Lipinski definition) is 1. The summed E-state index contributed by atoms with van der Waals surface area (Å²) in [5, 5.41) is 18.2. The minimum Gasteiger partial charge on any atom is -0.334 e. The highest BCUT2D eigenvalue weighted by Gasteiger charge is 2.26. The highest BCUT2D eigenvalue weighted by molar-refractivity contribution is 5.61. The van der Waals surface area contributed by atoms with Gasteiger partial charge in [0.05, 0.1) is 11.0 Å². The fraction of sp³-hybridized carbons (Fsp3) is 0.429. The van der Waals surface area contributed by atoms with Crippen LogP contribution in [-0.2, 0) is 0 Å². The number of rotatable bonds is 3. The number of nitro groups is 1. The van der Waals surface area contributed by atoms with Gasteiger partial charge in [0.15, 0.2) is 5.82 Å². The fourth-order valence-corrected chi connectivity index (χ4v) is 2.58. The zero-order chi connectivity index (χ0) is 15.7. The Kier molecular flexibility index (Phi) is 3.86. The van der Waals surface area contributed by atoms with Crippen LogP contribution in [0.15, 0.2) is 22.7 Å². The molecule has 1 atom stereocenters. The van der Waals surface area contributed by atoms with Gasteiger partial charge in [-0.25, -0.2) is 0 Å². The fourth-order valence-electron chi connectivity index (χ4n) is 2.58. The monoisotopic (exact) mass is 303 g/mol. The molecular weight excluding hydrogens is 286 g/mol. The molecule has 1 fully saturated rings. The minimum absolute atomic E-state index is 0.0530. The van der Waals surface area contributed by atoms with Crippen molar-refractivity contribution in [3.05, 3.63) is 39.7 Å². The van der Waals surface area contributed by atoms with Crippen molar-refractivity contribution >= 4 is 5.69 Å². The third-order valence-corrected chi connectivity index (χ3v) is 3.90. The molecule has 3 rings (SSSR count). The Bertz CT molecular complexity index is 700. The lowest BCUT2D eigenvalue weighted by molar-refractivity contribution is -0.384. The lowest BCUT2D eigenvalue weighted by atomic mass is 10.1. The second-order valence-corrected chi connectivity index (χ2v) is 5.41. The second-order valence-electron chi connectivity index (χ2n) is 5.41. The summed E-state index contributed by atoms with van der Waals surface area (Å²) in [7, 11) is 2.03. The molecule has 0 bridgehead atoms. The smallest absolute Gasteiger partial charge is 0.269 e. The number of nitro benzene ring substituents is 1. The predicted octanol–water partition coefficient (Wildman–Crippen LogP) is 1.53. The van der Waals surface area contributed by atoms with E-state index in [1.807, 2.05) is 7.05 Å². The number of likely N-dealkylation sites (N-methyl/N-ethyl adjacent to an activating group) is 1. The van der Waals surface area contributed by atoms with E-state index >= 15 is 0 Å². The van der Waals surface area contributed by atoms with Crippen LogP contribution in [0, 0.1) is 17.0 Å². The topological polar surface area (TPSA) is 97.3 Å². The lowest BCUT2D eigenvalue weighted by Crippen LogP contribution is -2.44. The maximum Gasteiger partial charge on any atom is 0.269 e. The molecule has 0 radical (unpaired) electrons. The number of benzene rings is 1. The molecule has 22 heavy (non-hydrogen) atoms. The number of hydrogen-bond acceptors (Lipinski definition) is 7. The van der Waals surface area contributed by atoms with Gasteiger partial charge < -0.3 is 9.84 Å². The van der Waals surface area contributed by atoms with E-state index in [4.69, 9.17) is 4.52 Å². The number of piperazine rings is 1. The van der Waals surface area contributed by atoms with E-state index < -0.39 is 4.92 Å². The van der Waals surface area contributed by atoms with Gasteiger partial charge in [0.2, 0.25) is 0 Å². The molecule has 1 N–H and O–H groups in total. The van der Waals surface area contributed by atoms with Crippen LogP contribution in [0.4, 0.5) is 5.69 Å². The molecule has 1 aromatic carbocycles. The number of aromatic nitrogens is 2. The minimum atomic E-state index is -0.418. The summed E-state index contributed by atoms with van der Waals surface area (Å²) in [4.78, 5) is 17.0. The van der Waals surface area contributed by atoms with Crippen molar-refractivity contribution in [3.8, 4) is 11.5 Å². The number of aryl methyl sites for hydroxylation is 1. The summed E-state index contributed by atoms with van der Waals surface area (Å²) < 4.78 is 5.35. The van der Waals surface area contributed by atoms with Crippen molar-refractivity contribution in [2.24, 2.45) is 0 Å². The van der Waals surface area contributed by atoms with Crippen LogP contribution in [-0.4, -0.2) is 46.6 Å². The van der Waals surface area contributed by atoms with Crippen molar-refractivity contribution < 1.29 is 9.45 Å². The molecule has 116 valence electrons. The zero-order valence-corrected chi connectivity index (χ0v) is 12.4. The Morgan fingerprint density at radius 2 is 2.32 bits per heavy atom. The molecule has 1 aliphatic rings. The summed E-state index contributed by atoms with van der Waals surface area (Å²) in [5.74, 6) is 1.02. The van der Waals surface area contributed by atoms with Gasteiger partial charge in [0, 0.05) is 37.3 Å². The van der Waals surface area contributed by atoms with E-state index in [0.717, 1.165) is 30.8 Å². The SMILES string of the molecule is Cc1cc([N+](=O)[O-])ccc1-c1nc(C2CNCCN2C)no1. The van der Waals surface area contributed by atoms with Crippen molar-refractivity contribution in [3.63, 3.8) is 0 Å². The second kappa shape index (κ2) is 5.82. The van der Waals surface area contributed by atoms with Crippen LogP contribution in [0.25, 0.3) is 11.5 Å². The van der Waals surface area contributed by atoms with Crippen molar-refractivity contribution in [1.29, 1.82) is 0 Å². The molecule has 0 saturated carbocycles. The molecule has 1 aliphatic heterocycles. The summed E-state index contributed by atoms with van der Waals surface area (Å²) in [6.45, 7) is 4.43. The third-order valence-electron chi connectivity index (χ3n) is 3.90. The van der Waals surface area contributed by atoms with Gasteiger partial charge in [-0.05, 0) is 25.6 Å². The molecule has 8 nitrogen and oxygen atoms in total. The van der Waals surface area contributed by atoms with Gasteiger partial charge >= 0.3 is 0 Å². The molecule has 1 saturated heterocycles. The standard InChI is InChI=1S/C14H17N5O3/c1-9-7-10(19(20)21)3-4-11(9)14-16-13(17-22-14)12-8-15-5-6-18(12)2/h3-4,7,12,15H,5-6,8H2,1-2H3. The van der Waals surface area contributed by atoms with Crippen LogP contribution < -0.4 is 5.32 Å². The third kappa shape index (κ3) is 2.70. The molecule has 2 aromatic rings. The maximum atomic E-state index is 10.8. The van der Waals surface area contributed by atoms with Crippen molar-refractivity contribution in [2.75, 3.05) is 26.7 Å². The van der Waals surface area contributed by atoms with Gasteiger partial charge in [0.1, 0.15) is 0 Å². The van der Waals surface area contributed by atoms with Gasteiger partial charge in [-0.1, -0.05) is 5.16 Å². The van der Waals surface area contributed by atoms with E-state index in [1.165, 1.54) is 12.1 Å². The van der Waals surface area contributed by atoms with Crippen LogP contribution in [0.5, 0.6) is 0 Å². The Balaban J connectivity index is 1.89. The van der Waals surface area contributed by atoms with Crippen LogP contribution in [0.1, 0.15) is 17.4 Å². The van der Waals surface area contributed by atoms with Crippen LogP contribution in [0.2, 0.25) is 0 Å². The van der Waals surface area contributed by atoms with E-state index in [1.54, 1.807) is 13.0 Å². The van der Waals surface area contributed by atoms with Gasteiger partial charge in [-0.3, -0.25) is 15.0 Å². The number of nitrogens with zero attached hydrogens (tertiary/aromatic N) is 4. The zero-order valence-electron chi connectivity index (χ0n) is 12.4. The molecule has 1 unspecified atom stereocenters. The Hall–Kier alpha value is -2.32. The first-order valence-electron chi connectivity index (χ1n) is 7.06. The quantitative estimate of drug-likeness (QED) is 0.678. The molecule has 8 heteroatoms. The Labute approximate surface area is 127 Å². The average Bonchev–Trinajstić information content (AvgIpc) is 2.97. The summed E-state index contributed by atoms with van der Waals surface area (Å²) in [6, 6.07) is 4.67. The summed E-state index contributed by atoms with van der Waals surface area (Å²) >= 11 is 0. The first-order valence-corrected chi connectivity index (χ1v) is 7.06. The maximum absolute atomic E-state index is 10.8. The van der Waals surface area contributed by atoms with Gasteiger partial charge in [-0.2, -0.15) is 4.98 Å². The normalized spacial score (nSPS) is 19.3. The van der Waals surface area contributed by atoms with Crippen LogP contribution in [0.3, 0.4) is 0 Å². The van der Waals surface area contributed by atoms with Crippen LogP contribution >= 0.6 is 0 Å². The molecular formula is C14H17N5O3.